The number of aromatic nitrogens is 1. The quantitative estimate of drug-likeness (QED) is 0.826. The number of nitrogens with zero attached hydrogens (tertiary/aromatic N) is 1. The third kappa shape index (κ3) is 2.90. The number of rotatable bonds is 4. The number of nitrogens with one attached hydrogen (secondary N) is 1. The van der Waals surface area contributed by atoms with Crippen LogP contribution in [-0.4, -0.2) is 17.4 Å². The molecule has 0 saturated heterocycles. The van der Waals surface area contributed by atoms with Gasteiger partial charge in [0.25, 0.3) is 0 Å². The standard InChI is InChI=1S/C17H21ClN2/c18-11-13-5-1-2-6-14(13)12-20-17-9-10-19-16-8-4-3-7-15(16)17/h3-4,7-10,13-14H,1-2,5-6,11-12H2,(H,19,20). The second-order valence-electron chi connectivity index (χ2n) is 5.72. The molecule has 0 bridgehead atoms. The fourth-order valence-corrected chi connectivity index (χ4v) is 3.65. The summed E-state index contributed by atoms with van der Waals surface area (Å²) in [6, 6.07) is 10.4. The van der Waals surface area contributed by atoms with E-state index in [1.807, 2.05) is 12.3 Å². The highest BCUT2D eigenvalue weighted by molar-refractivity contribution is 6.18. The Balaban J connectivity index is 1.73. The lowest BCUT2D eigenvalue weighted by atomic mass is 9.80. The highest BCUT2D eigenvalue weighted by Gasteiger charge is 2.24. The van der Waals surface area contributed by atoms with Crippen molar-refractivity contribution in [1.82, 2.24) is 4.98 Å². The van der Waals surface area contributed by atoms with Gasteiger partial charge < -0.3 is 5.32 Å². The maximum atomic E-state index is 6.11. The Morgan fingerprint density at radius 3 is 2.75 bits per heavy atom. The van der Waals surface area contributed by atoms with Crippen LogP contribution in [0.4, 0.5) is 5.69 Å². The normalized spacial score (nSPS) is 22.9. The number of alkyl halides is 1. The molecule has 1 fully saturated rings. The van der Waals surface area contributed by atoms with E-state index in [9.17, 15) is 0 Å². The molecule has 3 heteroatoms. The maximum absolute atomic E-state index is 6.11. The van der Waals surface area contributed by atoms with E-state index in [1.165, 1.54) is 36.8 Å². The number of halogens is 1. The zero-order valence-corrected chi connectivity index (χ0v) is 12.4. The average molecular weight is 289 g/mol. The molecule has 0 radical (unpaired) electrons. The van der Waals surface area contributed by atoms with E-state index in [0.717, 1.165) is 17.9 Å². The van der Waals surface area contributed by atoms with Gasteiger partial charge in [0.2, 0.25) is 0 Å². The van der Waals surface area contributed by atoms with Crippen LogP contribution in [0.5, 0.6) is 0 Å². The first kappa shape index (κ1) is 13.7. The molecule has 1 heterocycles. The third-order valence-corrected chi connectivity index (χ3v) is 4.86. The Kier molecular flexibility index (Phi) is 4.41. The Bertz CT molecular complexity index is 564. The lowest BCUT2D eigenvalue weighted by molar-refractivity contribution is 0.272. The van der Waals surface area contributed by atoms with Crippen molar-refractivity contribution in [3.8, 4) is 0 Å². The molecule has 2 unspecified atom stereocenters. The van der Waals surface area contributed by atoms with Gasteiger partial charge in [-0.15, -0.1) is 11.6 Å². The molecular weight excluding hydrogens is 268 g/mol. The van der Waals surface area contributed by atoms with Gasteiger partial charge in [-0.25, -0.2) is 0 Å². The van der Waals surface area contributed by atoms with Crippen LogP contribution in [0, 0.1) is 11.8 Å². The fraction of sp³-hybridized carbons (Fsp3) is 0.471. The molecule has 3 rings (SSSR count). The summed E-state index contributed by atoms with van der Waals surface area (Å²) in [4.78, 5) is 4.41. The molecule has 2 aromatic rings. The van der Waals surface area contributed by atoms with Crippen LogP contribution in [0.2, 0.25) is 0 Å². The van der Waals surface area contributed by atoms with Gasteiger partial charge in [0, 0.05) is 29.7 Å². The Hall–Kier alpha value is -1.28. The van der Waals surface area contributed by atoms with Crippen molar-refractivity contribution in [1.29, 1.82) is 0 Å². The number of anilines is 1. The van der Waals surface area contributed by atoms with E-state index >= 15 is 0 Å². The molecule has 2 nitrogen and oxygen atoms in total. The molecule has 1 aliphatic rings. The molecule has 1 aromatic carbocycles. The number of hydrogen-bond donors (Lipinski definition) is 1. The average Bonchev–Trinajstić information content (AvgIpc) is 2.53. The predicted molar refractivity (Wildman–Crippen MR) is 86.4 cm³/mol. The van der Waals surface area contributed by atoms with Crippen LogP contribution in [0.1, 0.15) is 25.7 Å². The molecule has 20 heavy (non-hydrogen) atoms. The van der Waals surface area contributed by atoms with Gasteiger partial charge in [0.1, 0.15) is 0 Å². The van der Waals surface area contributed by atoms with Crippen molar-refractivity contribution in [3.63, 3.8) is 0 Å². The fourth-order valence-electron chi connectivity index (χ4n) is 3.25. The van der Waals surface area contributed by atoms with Crippen molar-refractivity contribution in [2.45, 2.75) is 25.7 Å². The lowest BCUT2D eigenvalue weighted by Gasteiger charge is -2.30. The number of pyridine rings is 1. The van der Waals surface area contributed by atoms with E-state index in [4.69, 9.17) is 11.6 Å². The molecule has 1 saturated carbocycles. The summed E-state index contributed by atoms with van der Waals surface area (Å²) < 4.78 is 0. The van der Waals surface area contributed by atoms with Gasteiger partial charge in [-0.3, -0.25) is 4.98 Å². The van der Waals surface area contributed by atoms with Crippen LogP contribution >= 0.6 is 11.6 Å². The zero-order chi connectivity index (χ0) is 13.8. The molecule has 0 amide bonds. The van der Waals surface area contributed by atoms with E-state index in [2.05, 4.69) is 34.6 Å². The minimum absolute atomic E-state index is 0.672. The van der Waals surface area contributed by atoms with Crippen molar-refractivity contribution in [3.05, 3.63) is 36.5 Å². The number of para-hydroxylation sites is 1. The summed E-state index contributed by atoms with van der Waals surface area (Å²) in [5.41, 5.74) is 2.24. The molecule has 2 atom stereocenters. The topological polar surface area (TPSA) is 24.9 Å². The SMILES string of the molecule is ClCC1CCCCC1CNc1ccnc2ccccc12. The van der Waals surface area contributed by atoms with Crippen LogP contribution in [0.3, 0.4) is 0 Å². The Labute approximate surface area is 125 Å². The van der Waals surface area contributed by atoms with Crippen molar-refractivity contribution >= 4 is 28.2 Å². The number of hydrogen-bond acceptors (Lipinski definition) is 2. The van der Waals surface area contributed by atoms with Gasteiger partial charge >= 0.3 is 0 Å². The van der Waals surface area contributed by atoms with Crippen LogP contribution in [0.25, 0.3) is 10.9 Å². The minimum Gasteiger partial charge on any atom is -0.384 e. The first-order chi connectivity index (χ1) is 9.88. The van der Waals surface area contributed by atoms with Gasteiger partial charge in [-0.2, -0.15) is 0 Å². The summed E-state index contributed by atoms with van der Waals surface area (Å²) in [6.07, 6.45) is 7.15. The smallest absolute Gasteiger partial charge is 0.0722 e. The van der Waals surface area contributed by atoms with E-state index < -0.39 is 0 Å². The van der Waals surface area contributed by atoms with Crippen LogP contribution in [-0.2, 0) is 0 Å². The lowest BCUT2D eigenvalue weighted by Crippen LogP contribution is -2.27. The largest absolute Gasteiger partial charge is 0.384 e. The van der Waals surface area contributed by atoms with E-state index in [0.29, 0.717) is 11.8 Å². The van der Waals surface area contributed by atoms with Crippen molar-refractivity contribution < 1.29 is 0 Å². The first-order valence-electron chi connectivity index (χ1n) is 7.52. The molecule has 0 aliphatic heterocycles. The molecule has 106 valence electrons. The Morgan fingerprint density at radius 1 is 1.10 bits per heavy atom. The summed E-state index contributed by atoms with van der Waals surface area (Å²) in [5, 5.41) is 4.83. The van der Waals surface area contributed by atoms with Gasteiger partial charge in [-0.1, -0.05) is 31.0 Å². The summed E-state index contributed by atoms with van der Waals surface area (Å²) in [6.45, 7) is 1.02. The Morgan fingerprint density at radius 2 is 1.90 bits per heavy atom. The van der Waals surface area contributed by atoms with Gasteiger partial charge in [-0.05, 0) is 36.8 Å². The van der Waals surface area contributed by atoms with Crippen molar-refractivity contribution in [2.75, 3.05) is 17.7 Å². The molecule has 0 spiro atoms. The van der Waals surface area contributed by atoms with Crippen LogP contribution in [0.15, 0.2) is 36.5 Å². The van der Waals surface area contributed by atoms with Gasteiger partial charge in [0.15, 0.2) is 0 Å². The second kappa shape index (κ2) is 6.45. The van der Waals surface area contributed by atoms with E-state index in [-0.39, 0.29) is 0 Å². The molecule has 1 aliphatic carbocycles. The molecular formula is C17H21ClN2. The minimum atomic E-state index is 0.672. The highest BCUT2D eigenvalue weighted by atomic mass is 35.5. The van der Waals surface area contributed by atoms with Crippen molar-refractivity contribution in [2.24, 2.45) is 11.8 Å². The number of benzene rings is 1. The maximum Gasteiger partial charge on any atom is 0.0722 e. The first-order valence-corrected chi connectivity index (χ1v) is 8.05. The molecule has 1 aromatic heterocycles. The molecule has 1 N–H and O–H groups in total. The zero-order valence-electron chi connectivity index (χ0n) is 11.7. The predicted octanol–water partition coefficient (Wildman–Crippen LogP) is 4.69. The van der Waals surface area contributed by atoms with Gasteiger partial charge in [0.05, 0.1) is 5.52 Å². The second-order valence-corrected chi connectivity index (χ2v) is 6.02. The monoisotopic (exact) mass is 288 g/mol. The summed E-state index contributed by atoms with van der Waals surface area (Å²) in [7, 11) is 0. The highest BCUT2D eigenvalue weighted by Crippen LogP contribution is 2.31. The summed E-state index contributed by atoms with van der Waals surface area (Å²) in [5.74, 6) is 2.17. The summed E-state index contributed by atoms with van der Waals surface area (Å²) >= 11 is 6.11. The number of fused-ring (bicyclic) bond motifs is 1. The van der Waals surface area contributed by atoms with E-state index in [1.54, 1.807) is 0 Å². The van der Waals surface area contributed by atoms with Crippen LogP contribution < -0.4 is 5.32 Å². The third-order valence-electron chi connectivity index (χ3n) is 4.47.